The number of rotatable bonds is 6. The van der Waals surface area contributed by atoms with Gasteiger partial charge < -0.3 is 24.6 Å². The van der Waals surface area contributed by atoms with Gasteiger partial charge in [0.1, 0.15) is 24.3 Å². The van der Waals surface area contributed by atoms with Crippen LogP contribution in [0.4, 0.5) is 4.79 Å². The number of aliphatic carboxylic acids is 1. The van der Waals surface area contributed by atoms with Gasteiger partial charge in [-0.1, -0.05) is 0 Å². The van der Waals surface area contributed by atoms with Gasteiger partial charge in [-0.05, 0) is 40.0 Å². The Hall–Kier alpha value is -2.36. The molecular formula is C16H26N2O8. The number of carbonyl (C=O) groups excluding carboxylic acids is 3. The number of hydrogen-bond acceptors (Lipinski definition) is 8. The minimum Gasteiger partial charge on any atom is -0.480 e. The lowest BCUT2D eigenvalue weighted by Crippen LogP contribution is -2.52. The van der Waals surface area contributed by atoms with Gasteiger partial charge in [-0.25, -0.2) is 9.59 Å². The van der Waals surface area contributed by atoms with Crippen molar-refractivity contribution in [3.63, 3.8) is 0 Å². The van der Waals surface area contributed by atoms with E-state index in [0.29, 0.717) is 19.3 Å². The van der Waals surface area contributed by atoms with Crippen molar-refractivity contribution in [2.45, 2.75) is 63.8 Å². The number of carboxylic acid groups (broad SMARTS) is 1. The van der Waals surface area contributed by atoms with Crippen molar-refractivity contribution >= 4 is 24.0 Å². The summed E-state index contributed by atoms with van der Waals surface area (Å²) in [6.45, 7) is 4.34. The maximum atomic E-state index is 12.1. The van der Waals surface area contributed by atoms with Crippen molar-refractivity contribution in [3.05, 3.63) is 0 Å². The van der Waals surface area contributed by atoms with Gasteiger partial charge >= 0.3 is 24.0 Å². The van der Waals surface area contributed by atoms with Crippen molar-refractivity contribution in [2.75, 3.05) is 13.7 Å². The number of nitrogens with one attached hydrogen (secondary N) is 2. The molecule has 0 bridgehead atoms. The molecule has 26 heavy (non-hydrogen) atoms. The van der Waals surface area contributed by atoms with E-state index in [9.17, 15) is 19.2 Å². The number of esters is 2. The first-order chi connectivity index (χ1) is 12.0. The van der Waals surface area contributed by atoms with Crippen LogP contribution in [0.15, 0.2) is 0 Å². The van der Waals surface area contributed by atoms with E-state index in [2.05, 4.69) is 15.4 Å². The fourth-order valence-electron chi connectivity index (χ4n) is 2.34. The Morgan fingerprint density at radius 2 is 1.73 bits per heavy atom. The number of carboxylic acids is 1. The zero-order valence-electron chi connectivity index (χ0n) is 15.4. The van der Waals surface area contributed by atoms with Crippen LogP contribution in [-0.2, 0) is 28.6 Å². The second-order valence-corrected chi connectivity index (χ2v) is 6.89. The molecule has 148 valence electrons. The normalized spacial score (nSPS) is 21.2. The molecule has 1 aliphatic rings. The zero-order chi connectivity index (χ0) is 19.9. The Morgan fingerprint density at radius 1 is 1.15 bits per heavy atom. The third-order valence-corrected chi connectivity index (χ3v) is 3.54. The highest BCUT2D eigenvalue weighted by atomic mass is 16.6. The van der Waals surface area contributed by atoms with Crippen LogP contribution in [-0.4, -0.2) is 66.6 Å². The quantitative estimate of drug-likeness (QED) is 0.439. The summed E-state index contributed by atoms with van der Waals surface area (Å²) in [7, 11) is 1.26. The average molecular weight is 374 g/mol. The average Bonchev–Trinajstić information content (AvgIpc) is 2.55. The second kappa shape index (κ2) is 9.37. The van der Waals surface area contributed by atoms with E-state index in [4.69, 9.17) is 14.6 Å². The lowest BCUT2D eigenvalue weighted by atomic mass is 9.98. The molecule has 1 unspecified atom stereocenters. The Kier molecular flexibility index (Phi) is 7.81. The molecule has 0 radical (unpaired) electrons. The van der Waals surface area contributed by atoms with E-state index in [-0.39, 0.29) is 0 Å². The highest BCUT2D eigenvalue weighted by Gasteiger charge is 2.33. The molecule has 1 fully saturated rings. The SMILES string of the molecule is COC(=O)C1CCC[C@H](C(=O)OC[C@H](NC(=O)OC(C)(C)C)C(=O)O)N1. The topological polar surface area (TPSA) is 140 Å². The van der Waals surface area contributed by atoms with Crippen molar-refractivity contribution in [2.24, 2.45) is 0 Å². The van der Waals surface area contributed by atoms with E-state index in [0.717, 1.165) is 0 Å². The zero-order valence-corrected chi connectivity index (χ0v) is 15.4. The molecule has 3 N–H and O–H groups in total. The molecule has 0 saturated carbocycles. The minimum atomic E-state index is -1.45. The van der Waals surface area contributed by atoms with E-state index >= 15 is 0 Å². The summed E-state index contributed by atoms with van der Waals surface area (Å²) in [5.74, 6) is -2.54. The van der Waals surface area contributed by atoms with E-state index in [1.807, 2.05) is 0 Å². The van der Waals surface area contributed by atoms with Crippen LogP contribution < -0.4 is 10.6 Å². The van der Waals surface area contributed by atoms with Gasteiger partial charge in [0.05, 0.1) is 7.11 Å². The first-order valence-corrected chi connectivity index (χ1v) is 8.26. The summed E-state index contributed by atoms with van der Waals surface area (Å²) in [6.07, 6.45) is 0.672. The molecule has 10 nitrogen and oxygen atoms in total. The molecule has 0 aromatic rings. The smallest absolute Gasteiger partial charge is 0.408 e. The summed E-state index contributed by atoms with van der Waals surface area (Å²) in [4.78, 5) is 46.6. The minimum absolute atomic E-state index is 0.448. The highest BCUT2D eigenvalue weighted by molar-refractivity contribution is 5.82. The third kappa shape index (κ3) is 7.26. The molecule has 1 heterocycles. The molecule has 1 saturated heterocycles. The third-order valence-electron chi connectivity index (χ3n) is 3.54. The Bertz CT molecular complexity index is 543. The summed E-state index contributed by atoms with van der Waals surface area (Å²) < 4.78 is 14.6. The summed E-state index contributed by atoms with van der Waals surface area (Å²) in [5, 5.41) is 14.1. The standard InChI is InChI=1S/C16H26N2O8/c1-16(2,3)26-15(23)18-11(12(19)20)8-25-14(22)10-7-5-6-9(17-10)13(21)24-4/h9-11,17H,5-8H2,1-4H3,(H,18,23)(H,19,20)/t9?,10-,11+/m1/s1. The van der Waals surface area contributed by atoms with E-state index < -0.39 is 54.3 Å². The molecular weight excluding hydrogens is 348 g/mol. The van der Waals surface area contributed by atoms with Crippen LogP contribution in [0.3, 0.4) is 0 Å². The molecule has 10 heteroatoms. The van der Waals surface area contributed by atoms with Crippen LogP contribution in [0.5, 0.6) is 0 Å². The lowest BCUT2D eigenvalue weighted by Gasteiger charge is -2.28. The fourth-order valence-corrected chi connectivity index (χ4v) is 2.34. The van der Waals surface area contributed by atoms with Gasteiger partial charge in [0.25, 0.3) is 0 Å². The largest absolute Gasteiger partial charge is 0.480 e. The predicted octanol–water partition coefficient (Wildman–Crippen LogP) is 0.191. The first kappa shape index (κ1) is 21.7. The summed E-state index contributed by atoms with van der Waals surface area (Å²) in [5.41, 5.74) is -0.793. The maximum Gasteiger partial charge on any atom is 0.408 e. The molecule has 1 aliphatic heterocycles. The number of alkyl carbamates (subject to hydrolysis) is 1. The van der Waals surface area contributed by atoms with Crippen molar-refractivity contribution < 1.29 is 38.5 Å². The Morgan fingerprint density at radius 3 is 2.23 bits per heavy atom. The number of amides is 1. The summed E-state index contributed by atoms with van der Waals surface area (Å²) in [6, 6.07) is -2.81. The van der Waals surface area contributed by atoms with Crippen LogP contribution in [0.1, 0.15) is 40.0 Å². The van der Waals surface area contributed by atoms with E-state index in [1.165, 1.54) is 7.11 Å². The lowest BCUT2D eigenvalue weighted by molar-refractivity contribution is -0.152. The molecule has 0 aromatic carbocycles. The molecule has 1 rings (SSSR count). The molecule has 0 aromatic heterocycles. The number of piperidine rings is 1. The van der Waals surface area contributed by atoms with Gasteiger partial charge in [0, 0.05) is 0 Å². The van der Waals surface area contributed by atoms with Gasteiger partial charge in [-0.15, -0.1) is 0 Å². The Balaban J connectivity index is 2.55. The monoisotopic (exact) mass is 374 g/mol. The first-order valence-electron chi connectivity index (χ1n) is 8.26. The second-order valence-electron chi connectivity index (χ2n) is 6.89. The molecule has 1 amide bonds. The van der Waals surface area contributed by atoms with Crippen molar-refractivity contribution in [3.8, 4) is 0 Å². The molecule has 3 atom stereocenters. The Labute approximate surface area is 151 Å². The number of carbonyl (C=O) groups is 4. The highest BCUT2D eigenvalue weighted by Crippen LogP contribution is 2.15. The number of hydrogen-bond donors (Lipinski definition) is 3. The van der Waals surface area contributed by atoms with E-state index in [1.54, 1.807) is 20.8 Å². The van der Waals surface area contributed by atoms with Crippen LogP contribution in [0, 0.1) is 0 Å². The van der Waals surface area contributed by atoms with Gasteiger partial charge in [0.15, 0.2) is 6.04 Å². The predicted molar refractivity (Wildman–Crippen MR) is 88.3 cm³/mol. The maximum absolute atomic E-state index is 12.1. The number of ether oxygens (including phenoxy) is 3. The molecule has 0 spiro atoms. The van der Waals surface area contributed by atoms with Gasteiger partial charge in [-0.3, -0.25) is 14.9 Å². The van der Waals surface area contributed by atoms with Crippen LogP contribution >= 0.6 is 0 Å². The van der Waals surface area contributed by atoms with Crippen LogP contribution in [0.2, 0.25) is 0 Å². The number of methoxy groups -OCH3 is 1. The van der Waals surface area contributed by atoms with Gasteiger partial charge in [0.2, 0.25) is 0 Å². The van der Waals surface area contributed by atoms with Crippen LogP contribution in [0.25, 0.3) is 0 Å². The summed E-state index contributed by atoms with van der Waals surface area (Å²) >= 11 is 0. The molecule has 0 aliphatic carbocycles. The van der Waals surface area contributed by atoms with Crippen molar-refractivity contribution in [1.82, 2.24) is 10.6 Å². The van der Waals surface area contributed by atoms with Gasteiger partial charge in [-0.2, -0.15) is 0 Å². The van der Waals surface area contributed by atoms with Crippen molar-refractivity contribution in [1.29, 1.82) is 0 Å². The fraction of sp³-hybridized carbons (Fsp3) is 0.750.